The predicted molar refractivity (Wildman–Crippen MR) is 76.5 cm³/mol. The Balaban J connectivity index is 2.04. The molecule has 1 aromatic carbocycles. The number of hydrogen-bond donors (Lipinski definition) is 1. The molecule has 1 aliphatic heterocycles. The minimum atomic E-state index is 0.740. The van der Waals surface area contributed by atoms with Crippen LogP contribution in [-0.4, -0.2) is 31.2 Å². The molecular weight excluding hydrogens is 246 g/mol. The summed E-state index contributed by atoms with van der Waals surface area (Å²) in [4.78, 5) is 6.82. The molecule has 94 valence electrons. The molecule has 4 heteroatoms. The molecule has 1 fully saturated rings. The highest BCUT2D eigenvalue weighted by molar-refractivity contribution is 6.31. The molecule has 0 unspecified atom stereocenters. The van der Waals surface area contributed by atoms with Gasteiger partial charge in [-0.15, -0.1) is 0 Å². The third-order valence-electron chi connectivity index (χ3n) is 3.36. The standard InChI is InChI=1S/C14H16ClN3/c15-11-2-3-12-13(10-11)17-6-4-14(12)18-8-1-5-16-7-9-18/h2-4,6,10,16H,1,5,7-9H2. The molecule has 0 bridgehead atoms. The number of aromatic nitrogens is 1. The van der Waals surface area contributed by atoms with Gasteiger partial charge >= 0.3 is 0 Å². The van der Waals surface area contributed by atoms with Gasteiger partial charge in [0.25, 0.3) is 0 Å². The Morgan fingerprint density at radius 1 is 1.17 bits per heavy atom. The van der Waals surface area contributed by atoms with Gasteiger partial charge in [-0.25, -0.2) is 0 Å². The topological polar surface area (TPSA) is 28.2 Å². The van der Waals surface area contributed by atoms with Crippen molar-refractivity contribution >= 4 is 28.2 Å². The van der Waals surface area contributed by atoms with E-state index >= 15 is 0 Å². The molecule has 0 spiro atoms. The summed E-state index contributed by atoms with van der Waals surface area (Å²) >= 11 is 6.02. The monoisotopic (exact) mass is 261 g/mol. The van der Waals surface area contributed by atoms with E-state index < -0.39 is 0 Å². The van der Waals surface area contributed by atoms with E-state index in [1.54, 1.807) is 0 Å². The number of nitrogens with one attached hydrogen (secondary N) is 1. The lowest BCUT2D eigenvalue weighted by molar-refractivity contribution is 0.724. The molecule has 0 atom stereocenters. The summed E-state index contributed by atoms with van der Waals surface area (Å²) < 4.78 is 0. The molecule has 2 heterocycles. The summed E-state index contributed by atoms with van der Waals surface area (Å²) in [6.45, 7) is 4.28. The van der Waals surface area contributed by atoms with Crippen LogP contribution in [0.4, 0.5) is 5.69 Å². The number of fused-ring (bicyclic) bond motifs is 1. The average Bonchev–Trinajstić information content (AvgIpc) is 2.66. The van der Waals surface area contributed by atoms with Crippen LogP contribution < -0.4 is 10.2 Å². The normalized spacial score (nSPS) is 16.8. The van der Waals surface area contributed by atoms with Gasteiger partial charge in [-0.1, -0.05) is 11.6 Å². The first-order chi connectivity index (χ1) is 8.84. The second-order valence-corrected chi connectivity index (χ2v) is 5.02. The van der Waals surface area contributed by atoms with Crippen molar-refractivity contribution in [3.05, 3.63) is 35.5 Å². The number of benzene rings is 1. The Morgan fingerprint density at radius 2 is 2.11 bits per heavy atom. The zero-order valence-electron chi connectivity index (χ0n) is 10.2. The van der Waals surface area contributed by atoms with Crippen LogP contribution in [-0.2, 0) is 0 Å². The van der Waals surface area contributed by atoms with Gasteiger partial charge in [-0.2, -0.15) is 0 Å². The highest BCUT2D eigenvalue weighted by Gasteiger charge is 2.12. The maximum atomic E-state index is 6.02. The first kappa shape index (κ1) is 11.8. The summed E-state index contributed by atoms with van der Waals surface area (Å²) in [5.74, 6) is 0. The molecule has 18 heavy (non-hydrogen) atoms. The maximum absolute atomic E-state index is 6.02. The van der Waals surface area contributed by atoms with Gasteiger partial charge in [0.05, 0.1) is 5.52 Å². The third kappa shape index (κ3) is 2.28. The minimum absolute atomic E-state index is 0.740. The molecule has 0 amide bonds. The van der Waals surface area contributed by atoms with Gasteiger partial charge in [0.2, 0.25) is 0 Å². The largest absolute Gasteiger partial charge is 0.370 e. The van der Waals surface area contributed by atoms with Gasteiger partial charge in [0.15, 0.2) is 0 Å². The number of halogens is 1. The molecule has 3 rings (SSSR count). The van der Waals surface area contributed by atoms with E-state index in [4.69, 9.17) is 11.6 Å². The smallest absolute Gasteiger partial charge is 0.0737 e. The lowest BCUT2D eigenvalue weighted by atomic mass is 10.1. The first-order valence-corrected chi connectivity index (χ1v) is 6.72. The van der Waals surface area contributed by atoms with Crippen molar-refractivity contribution in [2.45, 2.75) is 6.42 Å². The molecule has 1 saturated heterocycles. The Bertz CT molecular complexity index is 548. The van der Waals surface area contributed by atoms with Crippen LogP contribution in [0.1, 0.15) is 6.42 Å². The Labute approximate surface area is 112 Å². The van der Waals surface area contributed by atoms with Crippen LogP contribution in [0.15, 0.2) is 30.5 Å². The molecule has 2 aromatic rings. The summed E-state index contributed by atoms with van der Waals surface area (Å²) in [6, 6.07) is 8.03. The molecule has 0 radical (unpaired) electrons. The minimum Gasteiger partial charge on any atom is -0.370 e. The maximum Gasteiger partial charge on any atom is 0.0737 e. The lowest BCUT2D eigenvalue weighted by Gasteiger charge is -2.23. The van der Waals surface area contributed by atoms with Crippen LogP contribution in [0.3, 0.4) is 0 Å². The number of anilines is 1. The second-order valence-electron chi connectivity index (χ2n) is 4.58. The summed E-state index contributed by atoms with van der Waals surface area (Å²) in [5, 5.41) is 5.35. The van der Waals surface area contributed by atoms with Gasteiger partial charge < -0.3 is 10.2 Å². The van der Waals surface area contributed by atoms with Crippen LogP contribution in [0, 0.1) is 0 Å². The van der Waals surface area contributed by atoms with Crippen LogP contribution in [0.25, 0.3) is 10.9 Å². The molecule has 1 aromatic heterocycles. The van der Waals surface area contributed by atoms with Crippen molar-refractivity contribution < 1.29 is 0 Å². The molecule has 1 N–H and O–H groups in total. The van der Waals surface area contributed by atoms with Crippen molar-refractivity contribution in [3.8, 4) is 0 Å². The lowest BCUT2D eigenvalue weighted by Crippen LogP contribution is -2.27. The molecule has 0 aliphatic carbocycles. The van der Waals surface area contributed by atoms with E-state index in [0.717, 1.165) is 36.7 Å². The van der Waals surface area contributed by atoms with E-state index in [1.807, 2.05) is 18.3 Å². The Kier molecular flexibility index (Phi) is 3.35. The first-order valence-electron chi connectivity index (χ1n) is 6.34. The highest BCUT2D eigenvalue weighted by Crippen LogP contribution is 2.27. The second kappa shape index (κ2) is 5.12. The zero-order chi connectivity index (χ0) is 12.4. The SMILES string of the molecule is Clc1ccc2c(N3CCCNCC3)ccnc2c1. The van der Waals surface area contributed by atoms with Gasteiger partial charge in [-0.05, 0) is 37.2 Å². The van der Waals surface area contributed by atoms with Gasteiger partial charge in [-0.3, -0.25) is 4.98 Å². The van der Waals surface area contributed by atoms with Crippen LogP contribution in [0.5, 0.6) is 0 Å². The Morgan fingerprint density at radius 3 is 3.06 bits per heavy atom. The van der Waals surface area contributed by atoms with Gasteiger partial charge in [0.1, 0.15) is 0 Å². The van der Waals surface area contributed by atoms with E-state index in [1.165, 1.54) is 17.5 Å². The summed E-state index contributed by atoms with van der Waals surface area (Å²) in [6.07, 6.45) is 3.05. The molecule has 1 aliphatic rings. The van der Waals surface area contributed by atoms with Crippen molar-refractivity contribution in [2.24, 2.45) is 0 Å². The fourth-order valence-corrected chi connectivity index (χ4v) is 2.63. The van der Waals surface area contributed by atoms with E-state index in [0.29, 0.717) is 0 Å². The molecular formula is C14H16ClN3. The number of hydrogen-bond acceptors (Lipinski definition) is 3. The fraction of sp³-hybridized carbons (Fsp3) is 0.357. The average molecular weight is 262 g/mol. The fourth-order valence-electron chi connectivity index (χ4n) is 2.47. The quantitative estimate of drug-likeness (QED) is 0.856. The van der Waals surface area contributed by atoms with Crippen molar-refractivity contribution in [1.82, 2.24) is 10.3 Å². The zero-order valence-corrected chi connectivity index (χ0v) is 11.0. The molecule has 0 saturated carbocycles. The molecule has 3 nitrogen and oxygen atoms in total. The van der Waals surface area contributed by atoms with Crippen LogP contribution >= 0.6 is 11.6 Å². The van der Waals surface area contributed by atoms with Crippen molar-refractivity contribution in [3.63, 3.8) is 0 Å². The Hall–Kier alpha value is -1.32. The third-order valence-corrected chi connectivity index (χ3v) is 3.60. The van der Waals surface area contributed by atoms with Crippen molar-refractivity contribution in [2.75, 3.05) is 31.1 Å². The number of rotatable bonds is 1. The van der Waals surface area contributed by atoms with Crippen LogP contribution in [0.2, 0.25) is 5.02 Å². The van der Waals surface area contributed by atoms with E-state index in [9.17, 15) is 0 Å². The summed E-state index contributed by atoms with van der Waals surface area (Å²) in [7, 11) is 0. The van der Waals surface area contributed by atoms with Gasteiger partial charge in [0, 0.05) is 41.9 Å². The number of pyridine rings is 1. The number of nitrogens with zero attached hydrogens (tertiary/aromatic N) is 2. The highest BCUT2D eigenvalue weighted by atomic mass is 35.5. The van der Waals surface area contributed by atoms with E-state index in [-0.39, 0.29) is 0 Å². The summed E-state index contributed by atoms with van der Waals surface area (Å²) in [5.41, 5.74) is 2.23. The van der Waals surface area contributed by atoms with Crippen molar-refractivity contribution in [1.29, 1.82) is 0 Å². The van der Waals surface area contributed by atoms with E-state index in [2.05, 4.69) is 27.3 Å². The predicted octanol–water partition coefficient (Wildman–Crippen LogP) is 2.69.